The van der Waals surface area contributed by atoms with Gasteiger partial charge >= 0.3 is 0 Å². The molecule has 1 amide bonds. The minimum Gasteiger partial charge on any atom is -0.339 e. The van der Waals surface area contributed by atoms with Crippen molar-refractivity contribution in [3.8, 4) is 0 Å². The summed E-state index contributed by atoms with van der Waals surface area (Å²) >= 11 is 0. The van der Waals surface area contributed by atoms with E-state index in [0.717, 1.165) is 32.5 Å². The highest BCUT2D eigenvalue weighted by Crippen LogP contribution is 2.19. The Balaban J connectivity index is 0.00000312. The van der Waals surface area contributed by atoms with Crippen LogP contribution < -0.4 is 10.0 Å². The molecule has 25 heavy (non-hydrogen) atoms. The lowest BCUT2D eigenvalue weighted by molar-refractivity contribution is 0.0691. The predicted octanol–water partition coefficient (Wildman–Crippen LogP) is 2.33. The van der Waals surface area contributed by atoms with Crippen LogP contribution in [0.4, 0.5) is 5.69 Å². The second-order valence-corrected chi connectivity index (χ2v) is 8.13. The Labute approximate surface area is 156 Å². The zero-order chi connectivity index (χ0) is 17.6. The number of carbonyl (C=O) groups is 1. The van der Waals surface area contributed by atoms with E-state index in [1.165, 1.54) is 0 Å². The summed E-state index contributed by atoms with van der Waals surface area (Å²) in [6, 6.07) is 6.67. The quantitative estimate of drug-likeness (QED) is 0.750. The van der Waals surface area contributed by atoms with Crippen molar-refractivity contribution in [1.82, 2.24) is 10.2 Å². The van der Waals surface area contributed by atoms with Crippen LogP contribution in [0.15, 0.2) is 24.3 Å². The highest BCUT2D eigenvalue weighted by molar-refractivity contribution is 7.92. The van der Waals surface area contributed by atoms with E-state index in [2.05, 4.69) is 10.0 Å². The second-order valence-electron chi connectivity index (χ2n) is 6.29. The van der Waals surface area contributed by atoms with Crippen molar-refractivity contribution in [2.45, 2.75) is 26.2 Å². The molecule has 1 fully saturated rings. The fraction of sp³-hybridized carbons (Fsp3) is 0.588. The summed E-state index contributed by atoms with van der Waals surface area (Å²) in [5, 5.41) is 3.19. The first-order valence-electron chi connectivity index (χ1n) is 8.49. The smallest absolute Gasteiger partial charge is 0.253 e. The normalized spacial score (nSPS) is 15.5. The van der Waals surface area contributed by atoms with Crippen LogP contribution in [-0.2, 0) is 10.0 Å². The van der Waals surface area contributed by atoms with Crippen LogP contribution in [-0.4, -0.2) is 51.7 Å². The zero-order valence-corrected chi connectivity index (χ0v) is 16.5. The van der Waals surface area contributed by atoms with Crippen molar-refractivity contribution >= 4 is 34.0 Å². The maximum atomic E-state index is 12.5. The van der Waals surface area contributed by atoms with Crippen LogP contribution in [0.1, 0.15) is 36.5 Å². The third-order valence-electron chi connectivity index (χ3n) is 4.27. The van der Waals surface area contributed by atoms with Crippen molar-refractivity contribution < 1.29 is 13.2 Å². The topological polar surface area (TPSA) is 78.5 Å². The van der Waals surface area contributed by atoms with Gasteiger partial charge in [0, 0.05) is 24.3 Å². The van der Waals surface area contributed by atoms with Crippen LogP contribution in [0.5, 0.6) is 0 Å². The number of likely N-dealkylation sites (tertiary alicyclic amines) is 1. The molecule has 1 aliphatic rings. The van der Waals surface area contributed by atoms with E-state index in [1.807, 2.05) is 18.9 Å². The summed E-state index contributed by atoms with van der Waals surface area (Å²) in [7, 11) is -1.35. The highest BCUT2D eigenvalue weighted by atomic mass is 35.5. The molecule has 1 aromatic rings. The molecule has 2 N–H and O–H groups in total. The molecule has 1 saturated heterocycles. The Morgan fingerprint density at radius 1 is 1.20 bits per heavy atom. The minimum absolute atomic E-state index is 0. The first-order valence-corrected chi connectivity index (χ1v) is 10.1. The van der Waals surface area contributed by atoms with E-state index < -0.39 is 10.0 Å². The number of benzene rings is 1. The Morgan fingerprint density at radius 2 is 1.80 bits per heavy atom. The number of piperidine rings is 1. The van der Waals surface area contributed by atoms with Gasteiger partial charge in [-0.05, 0) is 63.0 Å². The van der Waals surface area contributed by atoms with Crippen molar-refractivity contribution in [2.24, 2.45) is 5.92 Å². The van der Waals surface area contributed by atoms with Crippen molar-refractivity contribution in [2.75, 3.05) is 37.2 Å². The lowest BCUT2D eigenvalue weighted by Gasteiger charge is -2.32. The molecule has 0 bridgehead atoms. The molecule has 142 valence electrons. The Bertz CT molecular complexity index is 642. The summed E-state index contributed by atoms with van der Waals surface area (Å²) < 4.78 is 26.0. The average molecular weight is 390 g/mol. The number of nitrogens with one attached hydrogen (secondary N) is 2. The van der Waals surface area contributed by atoms with Gasteiger partial charge < -0.3 is 10.2 Å². The van der Waals surface area contributed by atoms with Gasteiger partial charge in [0.25, 0.3) is 5.91 Å². The van der Waals surface area contributed by atoms with Crippen molar-refractivity contribution in [3.05, 3.63) is 29.8 Å². The van der Waals surface area contributed by atoms with Gasteiger partial charge in [-0.25, -0.2) is 8.42 Å². The molecule has 0 aliphatic carbocycles. The van der Waals surface area contributed by atoms with Gasteiger partial charge in [0.2, 0.25) is 10.0 Å². The van der Waals surface area contributed by atoms with E-state index in [1.54, 1.807) is 24.3 Å². The van der Waals surface area contributed by atoms with Crippen LogP contribution in [0.3, 0.4) is 0 Å². The van der Waals surface area contributed by atoms with Crippen LogP contribution >= 0.6 is 12.4 Å². The van der Waals surface area contributed by atoms with E-state index in [9.17, 15) is 13.2 Å². The number of anilines is 1. The number of hydrogen-bond donors (Lipinski definition) is 2. The van der Waals surface area contributed by atoms with Gasteiger partial charge in [0.1, 0.15) is 0 Å². The molecule has 1 aliphatic heterocycles. The van der Waals surface area contributed by atoms with Gasteiger partial charge in [0.15, 0.2) is 0 Å². The molecule has 1 heterocycles. The molecule has 0 atom stereocenters. The van der Waals surface area contributed by atoms with Crippen molar-refractivity contribution in [3.63, 3.8) is 0 Å². The molecular weight excluding hydrogens is 362 g/mol. The molecule has 0 saturated carbocycles. The lowest BCUT2D eigenvalue weighted by atomic mass is 9.96. The summed E-state index contributed by atoms with van der Waals surface area (Å²) in [6.07, 6.45) is 2.60. The Hall–Kier alpha value is -1.31. The molecule has 0 spiro atoms. The zero-order valence-electron chi connectivity index (χ0n) is 14.8. The number of amides is 1. The lowest BCUT2D eigenvalue weighted by Crippen LogP contribution is -2.40. The largest absolute Gasteiger partial charge is 0.339 e. The monoisotopic (exact) mass is 389 g/mol. The Morgan fingerprint density at radius 3 is 2.32 bits per heavy atom. The van der Waals surface area contributed by atoms with Gasteiger partial charge in [-0.3, -0.25) is 9.52 Å². The molecule has 1 aromatic carbocycles. The van der Waals surface area contributed by atoms with Gasteiger partial charge in [0.05, 0.1) is 5.75 Å². The number of rotatable bonds is 7. The molecule has 0 radical (unpaired) electrons. The number of hydrogen-bond acceptors (Lipinski definition) is 4. The van der Waals surface area contributed by atoms with Gasteiger partial charge in [-0.1, -0.05) is 6.92 Å². The SMILES string of the molecule is CCCS(=O)(=O)Nc1ccc(C(=O)N2CCC(CNC)CC2)cc1.Cl. The standard InChI is InChI=1S/C17H27N3O3S.ClH/c1-3-12-24(22,23)19-16-6-4-15(5-7-16)17(21)20-10-8-14(9-11-20)13-18-2;/h4-7,14,18-19H,3,8-13H2,1-2H3;1H. The van der Waals surface area contributed by atoms with E-state index in [4.69, 9.17) is 0 Å². The predicted molar refractivity (Wildman–Crippen MR) is 104 cm³/mol. The summed E-state index contributed by atoms with van der Waals surface area (Å²) in [5.41, 5.74) is 1.09. The molecule has 6 nitrogen and oxygen atoms in total. The van der Waals surface area contributed by atoms with Crippen LogP contribution in [0, 0.1) is 5.92 Å². The van der Waals surface area contributed by atoms with E-state index in [-0.39, 0.29) is 24.1 Å². The maximum absolute atomic E-state index is 12.5. The maximum Gasteiger partial charge on any atom is 0.253 e. The summed E-state index contributed by atoms with van der Waals surface area (Å²) in [4.78, 5) is 14.4. The molecule has 0 unspecified atom stereocenters. The second kappa shape index (κ2) is 9.99. The minimum atomic E-state index is -3.30. The first-order chi connectivity index (χ1) is 11.4. The third-order valence-corrected chi connectivity index (χ3v) is 5.77. The van der Waals surface area contributed by atoms with E-state index >= 15 is 0 Å². The fourth-order valence-electron chi connectivity index (χ4n) is 2.99. The van der Waals surface area contributed by atoms with Gasteiger partial charge in [-0.2, -0.15) is 0 Å². The van der Waals surface area contributed by atoms with Crippen molar-refractivity contribution in [1.29, 1.82) is 0 Å². The number of sulfonamides is 1. The molecule has 8 heteroatoms. The summed E-state index contributed by atoms with van der Waals surface area (Å²) in [6.45, 7) is 4.36. The number of nitrogens with zero attached hydrogens (tertiary/aromatic N) is 1. The number of halogens is 1. The highest BCUT2D eigenvalue weighted by Gasteiger charge is 2.23. The molecule has 2 rings (SSSR count). The molecular formula is C17H28ClN3O3S. The fourth-order valence-corrected chi connectivity index (χ4v) is 4.13. The third kappa shape index (κ3) is 6.49. The van der Waals surface area contributed by atoms with Crippen LogP contribution in [0.2, 0.25) is 0 Å². The van der Waals surface area contributed by atoms with Gasteiger partial charge in [-0.15, -0.1) is 12.4 Å². The van der Waals surface area contributed by atoms with E-state index in [0.29, 0.717) is 23.6 Å². The Kier molecular flexibility index (Phi) is 8.68. The van der Waals surface area contributed by atoms with Crippen LogP contribution in [0.25, 0.3) is 0 Å². The summed E-state index contributed by atoms with van der Waals surface area (Å²) in [5.74, 6) is 0.741. The first kappa shape index (κ1) is 21.7. The number of carbonyl (C=O) groups excluding carboxylic acids is 1. The molecule has 0 aromatic heterocycles. The average Bonchev–Trinajstić information content (AvgIpc) is 2.55.